The maximum absolute atomic E-state index is 11.9. The number of methoxy groups -OCH3 is 1. The van der Waals surface area contributed by atoms with Crippen LogP contribution in [0.2, 0.25) is 0 Å². The third-order valence-corrected chi connectivity index (χ3v) is 4.77. The van der Waals surface area contributed by atoms with Crippen molar-refractivity contribution >= 4 is 17.6 Å². The Bertz CT molecular complexity index is 853. The van der Waals surface area contributed by atoms with E-state index in [2.05, 4.69) is 27.0 Å². The smallest absolute Gasteiger partial charge is 0.225 e. The predicted molar refractivity (Wildman–Crippen MR) is 115 cm³/mol. The van der Waals surface area contributed by atoms with Crippen LogP contribution in [0.3, 0.4) is 0 Å². The summed E-state index contributed by atoms with van der Waals surface area (Å²) in [4.78, 5) is 16.2. The van der Waals surface area contributed by atoms with Crippen molar-refractivity contribution in [3.05, 3.63) is 54.1 Å². The third-order valence-electron chi connectivity index (χ3n) is 4.77. The number of hydrogen-bond acceptors (Lipinski definition) is 4. The number of benzene rings is 2. The maximum Gasteiger partial charge on any atom is 0.225 e. The highest BCUT2D eigenvalue weighted by Crippen LogP contribution is 2.31. The van der Waals surface area contributed by atoms with E-state index in [1.807, 2.05) is 42.5 Å². The number of aliphatic imine (C=N–C) groups is 1. The summed E-state index contributed by atoms with van der Waals surface area (Å²) < 4.78 is 10.9. The highest BCUT2D eigenvalue weighted by Gasteiger charge is 2.24. The zero-order chi connectivity index (χ0) is 20.5. The fourth-order valence-electron chi connectivity index (χ4n) is 3.28. The molecule has 1 heterocycles. The lowest BCUT2D eigenvalue weighted by molar-refractivity contribution is -0.116. The molecule has 0 spiro atoms. The van der Waals surface area contributed by atoms with Crippen molar-refractivity contribution in [1.82, 2.24) is 10.6 Å². The molecule has 0 aliphatic carbocycles. The van der Waals surface area contributed by atoms with Crippen LogP contribution in [0, 0.1) is 0 Å². The summed E-state index contributed by atoms with van der Waals surface area (Å²) in [6, 6.07) is 15.5. The first-order valence-electron chi connectivity index (χ1n) is 9.79. The second-order valence-corrected chi connectivity index (χ2v) is 6.80. The molecule has 0 fully saturated rings. The molecule has 7 heteroatoms. The molecule has 154 valence electrons. The second kappa shape index (κ2) is 10.4. The standard InChI is InChI=1S/C22H28N4O3/c1-23-22(24-11-6-12-29-18-8-5-7-17(14-18)28-2)25-15-16-13-21(27)26-20-10-4-3-9-19(16)20/h3-5,7-10,14,16H,6,11-13,15H2,1-2H3,(H,26,27)(H2,23,24,25). The minimum atomic E-state index is 0.0492. The lowest BCUT2D eigenvalue weighted by Gasteiger charge is -2.26. The van der Waals surface area contributed by atoms with Crippen LogP contribution in [0.25, 0.3) is 0 Å². The van der Waals surface area contributed by atoms with Gasteiger partial charge in [0.1, 0.15) is 11.5 Å². The van der Waals surface area contributed by atoms with E-state index >= 15 is 0 Å². The summed E-state index contributed by atoms with van der Waals surface area (Å²) in [5.41, 5.74) is 2.05. The van der Waals surface area contributed by atoms with Gasteiger partial charge in [-0.2, -0.15) is 0 Å². The summed E-state index contributed by atoms with van der Waals surface area (Å²) in [5, 5.41) is 9.54. The predicted octanol–water partition coefficient (Wildman–Crippen LogP) is 2.76. The Morgan fingerprint density at radius 2 is 2.00 bits per heavy atom. The lowest BCUT2D eigenvalue weighted by Crippen LogP contribution is -2.41. The van der Waals surface area contributed by atoms with Crippen LogP contribution in [0.15, 0.2) is 53.5 Å². The number of anilines is 1. The Kier molecular flexibility index (Phi) is 7.33. The summed E-state index contributed by atoms with van der Waals surface area (Å²) >= 11 is 0. The van der Waals surface area contributed by atoms with Crippen LogP contribution < -0.4 is 25.4 Å². The molecule has 0 saturated heterocycles. The molecule has 3 rings (SSSR count). The number of fused-ring (bicyclic) bond motifs is 1. The Balaban J connectivity index is 1.40. The normalized spacial score (nSPS) is 15.9. The second-order valence-electron chi connectivity index (χ2n) is 6.80. The molecule has 7 nitrogen and oxygen atoms in total. The van der Waals surface area contributed by atoms with E-state index in [1.54, 1.807) is 14.2 Å². The van der Waals surface area contributed by atoms with Crippen LogP contribution in [0.1, 0.15) is 24.3 Å². The Labute approximate surface area is 171 Å². The molecule has 0 bridgehead atoms. The largest absolute Gasteiger partial charge is 0.497 e. The first-order valence-corrected chi connectivity index (χ1v) is 9.79. The van der Waals surface area contributed by atoms with Gasteiger partial charge in [-0.15, -0.1) is 0 Å². The van der Waals surface area contributed by atoms with E-state index < -0.39 is 0 Å². The van der Waals surface area contributed by atoms with Gasteiger partial charge < -0.3 is 25.4 Å². The van der Waals surface area contributed by atoms with E-state index in [-0.39, 0.29) is 11.8 Å². The fraction of sp³-hybridized carbons (Fsp3) is 0.364. The van der Waals surface area contributed by atoms with E-state index in [4.69, 9.17) is 9.47 Å². The summed E-state index contributed by atoms with van der Waals surface area (Å²) in [6.07, 6.45) is 1.29. The van der Waals surface area contributed by atoms with Gasteiger partial charge in [-0.25, -0.2) is 0 Å². The van der Waals surface area contributed by atoms with Crippen LogP contribution >= 0.6 is 0 Å². The van der Waals surface area contributed by atoms with Crippen LogP contribution in [0.4, 0.5) is 5.69 Å². The van der Waals surface area contributed by atoms with Gasteiger partial charge >= 0.3 is 0 Å². The molecule has 29 heavy (non-hydrogen) atoms. The number of hydrogen-bond donors (Lipinski definition) is 3. The number of carbonyl (C=O) groups excluding carboxylic acids is 1. The number of rotatable bonds is 8. The van der Waals surface area contributed by atoms with Crippen molar-refractivity contribution in [1.29, 1.82) is 0 Å². The van der Waals surface area contributed by atoms with Gasteiger partial charge in [-0.3, -0.25) is 9.79 Å². The van der Waals surface area contributed by atoms with Gasteiger partial charge in [0, 0.05) is 44.2 Å². The molecule has 0 aromatic heterocycles. The van der Waals surface area contributed by atoms with Crippen molar-refractivity contribution in [2.45, 2.75) is 18.8 Å². The van der Waals surface area contributed by atoms with Gasteiger partial charge in [0.25, 0.3) is 0 Å². The number of para-hydroxylation sites is 1. The third kappa shape index (κ3) is 5.88. The number of guanidine groups is 1. The highest BCUT2D eigenvalue weighted by atomic mass is 16.5. The highest BCUT2D eigenvalue weighted by molar-refractivity contribution is 5.94. The van der Waals surface area contributed by atoms with Gasteiger partial charge in [0.2, 0.25) is 5.91 Å². The van der Waals surface area contributed by atoms with Gasteiger partial charge in [0.15, 0.2) is 5.96 Å². The molecule has 1 unspecified atom stereocenters. The molecule has 2 aromatic rings. The zero-order valence-electron chi connectivity index (χ0n) is 16.9. The van der Waals surface area contributed by atoms with E-state index in [0.717, 1.165) is 41.7 Å². The van der Waals surface area contributed by atoms with Crippen molar-refractivity contribution < 1.29 is 14.3 Å². The first kappa shape index (κ1) is 20.5. The van der Waals surface area contributed by atoms with Crippen molar-refractivity contribution in [2.24, 2.45) is 4.99 Å². The van der Waals surface area contributed by atoms with Crippen molar-refractivity contribution in [3.8, 4) is 11.5 Å². The molecule has 1 aliphatic heterocycles. The number of ether oxygens (including phenoxy) is 2. The molecule has 1 atom stereocenters. The van der Waals surface area contributed by atoms with E-state index in [9.17, 15) is 4.79 Å². The Hall–Kier alpha value is -3.22. The topological polar surface area (TPSA) is 84.0 Å². The van der Waals surface area contributed by atoms with Crippen LogP contribution in [0.5, 0.6) is 11.5 Å². The summed E-state index contributed by atoms with van der Waals surface area (Å²) in [5.74, 6) is 2.46. The fourth-order valence-corrected chi connectivity index (χ4v) is 3.28. The van der Waals surface area contributed by atoms with Gasteiger partial charge in [-0.1, -0.05) is 24.3 Å². The quantitative estimate of drug-likeness (QED) is 0.363. The first-order chi connectivity index (χ1) is 14.2. The zero-order valence-corrected chi connectivity index (χ0v) is 16.9. The van der Waals surface area contributed by atoms with Gasteiger partial charge in [0.05, 0.1) is 13.7 Å². The van der Waals surface area contributed by atoms with Crippen LogP contribution in [-0.2, 0) is 4.79 Å². The molecule has 3 N–H and O–H groups in total. The molecular weight excluding hydrogens is 368 g/mol. The van der Waals surface area contributed by atoms with E-state index in [0.29, 0.717) is 19.6 Å². The Morgan fingerprint density at radius 3 is 2.83 bits per heavy atom. The summed E-state index contributed by atoms with van der Waals surface area (Å²) in [7, 11) is 3.38. The molecule has 1 aliphatic rings. The average molecular weight is 396 g/mol. The number of nitrogens with zero attached hydrogens (tertiary/aromatic N) is 1. The SMILES string of the molecule is CN=C(NCCCOc1cccc(OC)c1)NCC1CC(=O)Nc2ccccc21. The minimum Gasteiger partial charge on any atom is -0.497 e. The lowest BCUT2D eigenvalue weighted by atomic mass is 9.90. The van der Waals surface area contributed by atoms with Gasteiger partial charge in [-0.05, 0) is 30.2 Å². The maximum atomic E-state index is 11.9. The molecular formula is C22H28N4O3. The molecule has 0 radical (unpaired) electrons. The minimum absolute atomic E-state index is 0.0492. The Morgan fingerprint density at radius 1 is 1.17 bits per heavy atom. The van der Waals surface area contributed by atoms with Crippen molar-refractivity contribution in [3.63, 3.8) is 0 Å². The molecule has 1 amide bonds. The average Bonchev–Trinajstić information content (AvgIpc) is 2.75. The monoisotopic (exact) mass is 396 g/mol. The number of amides is 1. The van der Waals surface area contributed by atoms with Crippen LogP contribution in [-0.4, -0.2) is 45.7 Å². The number of carbonyl (C=O) groups is 1. The van der Waals surface area contributed by atoms with Crippen molar-refractivity contribution in [2.75, 3.05) is 39.2 Å². The molecule has 0 saturated carbocycles. The number of nitrogens with one attached hydrogen (secondary N) is 3. The van der Waals surface area contributed by atoms with E-state index in [1.165, 1.54) is 0 Å². The summed E-state index contributed by atoms with van der Waals surface area (Å²) in [6.45, 7) is 1.96. The molecule has 2 aromatic carbocycles.